The molecule has 2 aliphatic carbocycles. The first-order chi connectivity index (χ1) is 15.9. The molecule has 2 aliphatic rings. The van der Waals surface area contributed by atoms with Crippen LogP contribution in [0.2, 0.25) is 0 Å². The Labute approximate surface area is 189 Å². The number of carbonyl (C=O) groups excluding carboxylic acids is 2. The van der Waals surface area contributed by atoms with Crippen LogP contribution in [0, 0.1) is 17.6 Å². The van der Waals surface area contributed by atoms with E-state index in [2.05, 4.69) is 25.9 Å². The third-order valence-electron chi connectivity index (χ3n) is 6.10. The number of nitrogens with zero attached hydrogens (tertiary/aromatic N) is 1. The molecule has 0 bridgehead atoms. The van der Waals surface area contributed by atoms with E-state index in [1.54, 1.807) is 6.20 Å². The first kappa shape index (κ1) is 23.1. The summed E-state index contributed by atoms with van der Waals surface area (Å²) in [6.45, 7) is 0.634. The van der Waals surface area contributed by atoms with Crippen molar-refractivity contribution in [3.63, 3.8) is 0 Å². The summed E-state index contributed by atoms with van der Waals surface area (Å²) in [5, 5.41) is 19.0. The molecule has 0 radical (unpaired) electrons. The Morgan fingerprint density at radius 1 is 1.27 bits per heavy atom. The van der Waals surface area contributed by atoms with E-state index in [0.29, 0.717) is 24.8 Å². The van der Waals surface area contributed by atoms with Crippen LogP contribution < -0.4 is 16.0 Å². The number of rotatable bonds is 8. The van der Waals surface area contributed by atoms with E-state index in [-0.39, 0.29) is 18.0 Å². The van der Waals surface area contributed by atoms with Crippen LogP contribution in [-0.2, 0) is 9.53 Å². The fourth-order valence-electron chi connectivity index (χ4n) is 4.26. The van der Waals surface area contributed by atoms with Crippen LogP contribution in [0.3, 0.4) is 0 Å². The van der Waals surface area contributed by atoms with Crippen molar-refractivity contribution < 1.29 is 28.2 Å². The number of aromatic amines is 1. The SMILES string of the molecule is COCCNC(=O)[C@H]1C[C@@H](NC(=O)Nc2ccc(F)c(F)c2)[C@H](c2cnc(C3CC3)[nH]2)[C@@H]1O. The van der Waals surface area contributed by atoms with Crippen molar-refractivity contribution in [2.45, 2.75) is 43.2 Å². The molecule has 2 saturated carbocycles. The number of aliphatic hydroxyl groups excluding tert-OH is 1. The predicted molar refractivity (Wildman–Crippen MR) is 115 cm³/mol. The number of nitrogens with one attached hydrogen (secondary N) is 4. The highest BCUT2D eigenvalue weighted by Gasteiger charge is 2.48. The van der Waals surface area contributed by atoms with Gasteiger partial charge in [0.2, 0.25) is 5.91 Å². The van der Waals surface area contributed by atoms with Crippen LogP contribution in [0.4, 0.5) is 19.3 Å². The highest BCUT2D eigenvalue weighted by Crippen LogP contribution is 2.42. The molecule has 9 nitrogen and oxygen atoms in total. The minimum Gasteiger partial charge on any atom is -0.392 e. The van der Waals surface area contributed by atoms with Gasteiger partial charge in [0, 0.05) is 55.2 Å². The molecule has 11 heteroatoms. The van der Waals surface area contributed by atoms with E-state index >= 15 is 0 Å². The molecular formula is C22H27F2N5O4. The van der Waals surface area contributed by atoms with Crippen molar-refractivity contribution in [1.29, 1.82) is 0 Å². The number of amides is 3. The number of aliphatic hydroxyl groups is 1. The Morgan fingerprint density at radius 3 is 2.76 bits per heavy atom. The molecule has 0 aliphatic heterocycles. The third kappa shape index (κ3) is 5.31. The molecule has 5 N–H and O–H groups in total. The summed E-state index contributed by atoms with van der Waals surface area (Å²) in [4.78, 5) is 32.9. The summed E-state index contributed by atoms with van der Waals surface area (Å²) in [5.41, 5.74) is 0.711. The molecule has 2 fully saturated rings. The number of urea groups is 1. The zero-order valence-corrected chi connectivity index (χ0v) is 18.1. The van der Waals surface area contributed by atoms with Gasteiger partial charge in [0.1, 0.15) is 5.82 Å². The lowest BCUT2D eigenvalue weighted by Crippen LogP contribution is -2.41. The second-order valence-electron chi connectivity index (χ2n) is 8.47. The smallest absolute Gasteiger partial charge is 0.319 e. The second kappa shape index (κ2) is 9.84. The molecular weight excluding hydrogens is 436 g/mol. The number of aromatic nitrogens is 2. The minimum atomic E-state index is -1.08. The zero-order chi connectivity index (χ0) is 23.5. The lowest BCUT2D eigenvalue weighted by Gasteiger charge is -2.22. The summed E-state index contributed by atoms with van der Waals surface area (Å²) < 4.78 is 31.6. The van der Waals surface area contributed by atoms with Gasteiger partial charge in [-0.25, -0.2) is 18.6 Å². The van der Waals surface area contributed by atoms with Crippen molar-refractivity contribution >= 4 is 17.6 Å². The average Bonchev–Trinajstić information content (AvgIpc) is 3.43. The van der Waals surface area contributed by atoms with Gasteiger partial charge < -0.3 is 30.8 Å². The maximum atomic E-state index is 13.5. The number of ether oxygens (including phenoxy) is 1. The van der Waals surface area contributed by atoms with E-state index in [9.17, 15) is 23.5 Å². The molecule has 4 rings (SSSR count). The van der Waals surface area contributed by atoms with Crippen LogP contribution in [0.5, 0.6) is 0 Å². The van der Waals surface area contributed by atoms with E-state index in [0.717, 1.165) is 30.8 Å². The highest BCUT2D eigenvalue weighted by atomic mass is 19.2. The summed E-state index contributed by atoms with van der Waals surface area (Å²) >= 11 is 0. The fraction of sp³-hybridized carbons (Fsp3) is 0.500. The number of hydrogen-bond acceptors (Lipinski definition) is 5. The van der Waals surface area contributed by atoms with Crippen molar-refractivity contribution in [1.82, 2.24) is 20.6 Å². The van der Waals surface area contributed by atoms with Gasteiger partial charge in [-0.15, -0.1) is 0 Å². The van der Waals surface area contributed by atoms with Crippen molar-refractivity contribution in [2.24, 2.45) is 5.92 Å². The number of H-pyrrole nitrogens is 1. The second-order valence-corrected chi connectivity index (χ2v) is 8.47. The Kier molecular flexibility index (Phi) is 6.89. The van der Waals surface area contributed by atoms with Crippen LogP contribution in [-0.4, -0.2) is 59.4 Å². The van der Waals surface area contributed by atoms with E-state index in [1.807, 2.05) is 0 Å². The van der Waals surface area contributed by atoms with Gasteiger partial charge in [-0.3, -0.25) is 4.79 Å². The summed E-state index contributed by atoms with van der Waals surface area (Å²) in [6.07, 6.45) is 2.85. The quantitative estimate of drug-likeness (QED) is 0.383. The molecule has 4 atom stereocenters. The Bertz CT molecular complexity index is 1010. The number of hydrogen-bond donors (Lipinski definition) is 5. The molecule has 0 saturated heterocycles. The van der Waals surface area contributed by atoms with Crippen molar-refractivity contribution in [3.8, 4) is 0 Å². The first-order valence-corrected chi connectivity index (χ1v) is 10.9. The maximum absolute atomic E-state index is 13.5. The monoisotopic (exact) mass is 463 g/mol. The first-order valence-electron chi connectivity index (χ1n) is 10.9. The molecule has 0 spiro atoms. The maximum Gasteiger partial charge on any atom is 0.319 e. The molecule has 33 heavy (non-hydrogen) atoms. The average molecular weight is 463 g/mol. The third-order valence-corrected chi connectivity index (χ3v) is 6.10. The van der Waals surface area contributed by atoms with Crippen LogP contribution in [0.25, 0.3) is 0 Å². The van der Waals surface area contributed by atoms with Crippen LogP contribution >= 0.6 is 0 Å². The van der Waals surface area contributed by atoms with Gasteiger partial charge in [0.15, 0.2) is 11.6 Å². The number of halogens is 2. The standard InChI is InChI=1S/C22H27F2N5O4/c1-33-7-6-25-21(31)13-9-16(29-22(32)27-12-4-5-14(23)15(24)8-12)18(19(13)30)17-10-26-20(28-17)11-2-3-11/h4-5,8,10-11,13,16,18-19,30H,2-3,6-7,9H2,1H3,(H,25,31)(H,26,28)(H2,27,29,32)/t13-,16+,18+,19+/m0/s1. The number of anilines is 1. The molecule has 1 aromatic carbocycles. The molecule has 1 heterocycles. The van der Waals surface area contributed by atoms with Crippen molar-refractivity contribution in [3.05, 3.63) is 47.5 Å². The number of methoxy groups -OCH3 is 1. The van der Waals surface area contributed by atoms with Gasteiger partial charge >= 0.3 is 6.03 Å². The summed E-state index contributed by atoms with van der Waals surface area (Å²) in [6, 6.07) is 1.76. The molecule has 1 aromatic heterocycles. The van der Waals surface area contributed by atoms with Crippen LogP contribution in [0.1, 0.15) is 42.6 Å². The lowest BCUT2D eigenvalue weighted by molar-refractivity contribution is -0.127. The Balaban J connectivity index is 1.49. The van der Waals surface area contributed by atoms with Crippen molar-refractivity contribution in [2.75, 3.05) is 25.6 Å². The summed E-state index contributed by atoms with van der Waals surface area (Å²) in [7, 11) is 1.52. The lowest BCUT2D eigenvalue weighted by atomic mass is 9.96. The predicted octanol–water partition coefficient (Wildman–Crippen LogP) is 1.98. The number of carbonyl (C=O) groups is 2. The van der Waals surface area contributed by atoms with Gasteiger partial charge in [-0.05, 0) is 31.4 Å². The highest BCUT2D eigenvalue weighted by molar-refractivity contribution is 5.89. The fourth-order valence-corrected chi connectivity index (χ4v) is 4.26. The van der Waals surface area contributed by atoms with E-state index < -0.39 is 41.6 Å². The molecule has 0 unspecified atom stereocenters. The normalized spacial score (nSPS) is 24.5. The van der Waals surface area contributed by atoms with E-state index in [1.165, 1.54) is 13.2 Å². The van der Waals surface area contributed by atoms with E-state index in [4.69, 9.17) is 4.74 Å². The number of benzene rings is 1. The van der Waals surface area contributed by atoms with Gasteiger partial charge in [0.25, 0.3) is 0 Å². The van der Waals surface area contributed by atoms with Gasteiger partial charge in [-0.2, -0.15) is 0 Å². The topological polar surface area (TPSA) is 128 Å². The van der Waals surface area contributed by atoms with Gasteiger partial charge in [-0.1, -0.05) is 0 Å². The largest absolute Gasteiger partial charge is 0.392 e. The molecule has 178 valence electrons. The molecule has 3 amide bonds. The van der Waals surface area contributed by atoms with Gasteiger partial charge in [0.05, 0.1) is 18.6 Å². The Morgan fingerprint density at radius 2 is 2.06 bits per heavy atom. The minimum absolute atomic E-state index is 0.0768. The zero-order valence-electron chi connectivity index (χ0n) is 18.1. The summed E-state index contributed by atoms with van der Waals surface area (Å²) in [5.74, 6) is -2.60. The number of imidazole rings is 1. The van der Waals surface area contributed by atoms with Crippen LogP contribution in [0.15, 0.2) is 24.4 Å². The Hall–Kier alpha value is -3.05. The molecule has 2 aromatic rings.